The average molecular weight is 517 g/mol. The molecule has 0 aliphatic heterocycles. The van der Waals surface area contributed by atoms with Crippen molar-refractivity contribution in [1.29, 1.82) is 0 Å². The first-order chi connectivity index (χ1) is 16.9. The van der Waals surface area contributed by atoms with Gasteiger partial charge in [0.25, 0.3) is 10.0 Å². The van der Waals surface area contributed by atoms with Crippen molar-refractivity contribution in [2.75, 3.05) is 29.8 Å². The van der Waals surface area contributed by atoms with Crippen LogP contribution in [0.4, 0.5) is 10.1 Å². The van der Waals surface area contributed by atoms with E-state index < -0.39 is 15.9 Å². The Labute approximate surface area is 210 Å². The number of ether oxygens (including phenoxy) is 1. The summed E-state index contributed by atoms with van der Waals surface area (Å²) in [5.41, 5.74) is 1.02. The standard InChI is InChI=1S/C26H29FN2O4S2/c1-2-33-23-15-13-22(14-16-23)29(35(31,32)24-10-4-3-5-11-24)19-26(30)28-17-8-18-34-20-21-9-6-7-12-25(21)27/h3-7,9-16H,2,8,17-20H2,1H3,(H,28,30). The molecular formula is C26H29FN2O4S2. The van der Waals surface area contributed by atoms with Gasteiger partial charge < -0.3 is 10.1 Å². The SMILES string of the molecule is CCOc1ccc(N(CC(=O)NCCCSCc2ccccc2F)S(=O)(=O)c2ccccc2)cc1. The molecule has 3 aromatic rings. The van der Waals surface area contributed by atoms with Crippen LogP contribution in [-0.2, 0) is 20.6 Å². The first-order valence-electron chi connectivity index (χ1n) is 11.3. The predicted octanol–water partition coefficient (Wildman–Crippen LogP) is 4.86. The van der Waals surface area contributed by atoms with Gasteiger partial charge in [-0.15, -0.1) is 0 Å². The molecule has 0 spiro atoms. The van der Waals surface area contributed by atoms with Crippen LogP contribution in [0.15, 0.2) is 83.8 Å². The van der Waals surface area contributed by atoms with Crippen LogP contribution in [0, 0.1) is 5.82 Å². The number of nitrogens with one attached hydrogen (secondary N) is 1. The second-order valence-corrected chi connectivity index (χ2v) is 10.6. The van der Waals surface area contributed by atoms with E-state index in [1.807, 2.05) is 6.92 Å². The van der Waals surface area contributed by atoms with E-state index in [9.17, 15) is 17.6 Å². The molecule has 0 fully saturated rings. The van der Waals surface area contributed by atoms with Gasteiger partial charge in [-0.2, -0.15) is 11.8 Å². The molecule has 6 nitrogen and oxygen atoms in total. The number of sulfonamides is 1. The van der Waals surface area contributed by atoms with Crippen LogP contribution in [0.3, 0.4) is 0 Å². The zero-order valence-electron chi connectivity index (χ0n) is 19.5. The van der Waals surface area contributed by atoms with Crippen molar-refractivity contribution < 1.29 is 22.3 Å². The second-order valence-electron chi connectivity index (χ2n) is 7.60. The minimum atomic E-state index is -3.96. The van der Waals surface area contributed by atoms with E-state index in [0.29, 0.717) is 42.3 Å². The molecule has 0 unspecified atom stereocenters. The van der Waals surface area contributed by atoms with Gasteiger partial charge in [-0.3, -0.25) is 9.10 Å². The van der Waals surface area contributed by atoms with Crippen LogP contribution in [0.1, 0.15) is 18.9 Å². The third-order valence-electron chi connectivity index (χ3n) is 5.06. The zero-order chi connectivity index (χ0) is 25.1. The molecule has 0 heterocycles. The van der Waals surface area contributed by atoms with Gasteiger partial charge in [0.2, 0.25) is 5.91 Å². The van der Waals surface area contributed by atoms with E-state index >= 15 is 0 Å². The molecule has 186 valence electrons. The monoisotopic (exact) mass is 516 g/mol. The molecule has 0 aromatic heterocycles. The highest BCUT2D eigenvalue weighted by Crippen LogP contribution is 2.25. The summed E-state index contributed by atoms with van der Waals surface area (Å²) in [4.78, 5) is 12.8. The summed E-state index contributed by atoms with van der Waals surface area (Å²) >= 11 is 1.58. The lowest BCUT2D eigenvalue weighted by molar-refractivity contribution is -0.119. The van der Waals surface area contributed by atoms with Crippen molar-refractivity contribution >= 4 is 33.4 Å². The van der Waals surface area contributed by atoms with Gasteiger partial charge in [0.05, 0.1) is 17.2 Å². The van der Waals surface area contributed by atoms with E-state index in [2.05, 4.69) is 5.32 Å². The molecule has 0 aliphatic rings. The van der Waals surface area contributed by atoms with Gasteiger partial charge in [0, 0.05) is 12.3 Å². The summed E-state index contributed by atoms with van der Waals surface area (Å²) < 4.78 is 46.9. The summed E-state index contributed by atoms with van der Waals surface area (Å²) in [5, 5.41) is 2.79. The Morgan fingerprint density at radius 2 is 1.69 bits per heavy atom. The second kappa shape index (κ2) is 13.2. The lowest BCUT2D eigenvalue weighted by Crippen LogP contribution is -2.41. The number of hydrogen-bond donors (Lipinski definition) is 1. The maximum atomic E-state index is 13.7. The zero-order valence-corrected chi connectivity index (χ0v) is 21.2. The summed E-state index contributed by atoms with van der Waals surface area (Å²) in [6.45, 7) is 2.40. The van der Waals surface area contributed by atoms with Gasteiger partial charge in [-0.25, -0.2) is 12.8 Å². The van der Waals surface area contributed by atoms with Crippen molar-refractivity contribution in [1.82, 2.24) is 5.32 Å². The van der Waals surface area contributed by atoms with E-state index in [1.165, 1.54) is 18.2 Å². The first-order valence-corrected chi connectivity index (χ1v) is 13.9. The predicted molar refractivity (Wildman–Crippen MR) is 139 cm³/mol. The Kier molecular flexibility index (Phi) is 9.98. The van der Waals surface area contributed by atoms with E-state index in [1.54, 1.807) is 72.4 Å². The Morgan fingerprint density at radius 3 is 2.37 bits per heavy atom. The van der Waals surface area contributed by atoms with Gasteiger partial charge in [-0.1, -0.05) is 36.4 Å². The molecule has 9 heteroatoms. The van der Waals surface area contributed by atoms with Crippen molar-refractivity contribution in [3.63, 3.8) is 0 Å². The minimum Gasteiger partial charge on any atom is -0.494 e. The Hall–Kier alpha value is -3.04. The third kappa shape index (κ3) is 7.73. The number of halogens is 1. The molecule has 0 aliphatic carbocycles. The summed E-state index contributed by atoms with van der Waals surface area (Å²) in [6.07, 6.45) is 0.680. The fourth-order valence-corrected chi connectivity index (χ4v) is 5.68. The molecule has 0 atom stereocenters. The maximum absolute atomic E-state index is 13.7. The van der Waals surface area contributed by atoms with E-state index in [0.717, 1.165) is 10.1 Å². The van der Waals surface area contributed by atoms with Crippen molar-refractivity contribution in [2.45, 2.75) is 24.0 Å². The van der Waals surface area contributed by atoms with Crippen LogP contribution in [0.2, 0.25) is 0 Å². The molecule has 1 N–H and O–H groups in total. The number of benzene rings is 3. The number of thioether (sulfide) groups is 1. The van der Waals surface area contributed by atoms with Crippen LogP contribution < -0.4 is 14.4 Å². The molecule has 35 heavy (non-hydrogen) atoms. The van der Waals surface area contributed by atoms with E-state index in [-0.39, 0.29) is 17.3 Å². The maximum Gasteiger partial charge on any atom is 0.264 e. The van der Waals surface area contributed by atoms with Gasteiger partial charge in [0.15, 0.2) is 0 Å². The highest BCUT2D eigenvalue weighted by molar-refractivity contribution is 7.98. The smallest absolute Gasteiger partial charge is 0.264 e. The number of anilines is 1. The number of rotatable bonds is 13. The molecule has 3 aromatic carbocycles. The number of amides is 1. The molecule has 0 bridgehead atoms. The third-order valence-corrected chi connectivity index (χ3v) is 7.94. The normalized spacial score (nSPS) is 11.1. The highest BCUT2D eigenvalue weighted by atomic mass is 32.2. The van der Waals surface area contributed by atoms with Gasteiger partial charge >= 0.3 is 0 Å². The number of carbonyl (C=O) groups excluding carboxylic acids is 1. The lowest BCUT2D eigenvalue weighted by Gasteiger charge is -2.24. The largest absolute Gasteiger partial charge is 0.494 e. The minimum absolute atomic E-state index is 0.103. The van der Waals surface area contributed by atoms with Gasteiger partial charge in [-0.05, 0) is 67.1 Å². The summed E-state index contributed by atoms with van der Waals surface area (Å²) in [6, 6.07) is 21.3. The Balaban J connectivity index is 1.59. The summed E-state index contributed by atoms with van der Waals surface area (Å²) in [7, 11) is -3.96. The van der Waals surface area contributed by atoms with Gasteiger partial charge in [0.1, 0.15) is 18.1 Å². The number of carbonyl (C=O) groups is 1. The quantitative estimate of drug-likeness (QED) is 0.329. The number of hydrogen-bond acceptors (Lipinski definition) is 5. The average Bonchev–Trinajstić information content (AvgIpc) is 2.87. The topological polar surface area (TPSA) is 75.7 Å². The fraction of sp³-hybridized carbons (Fsp3) is 0.269. The van der Waals surface area contributed by atoms with Crippen LogP contribution >= 0.6 is 11.8 Å². The fourth-order valence-electron chi connectivity index (χ4n) is 3.30. The summed E-state index contributed by atoms with van der Waals surface area (Å²) in [5.74, 6) is 1.28. The van der Waals surface area contributed by atoms with E-state index in [4.69, 9.17) is 4.74 Å². The Morgan fingerprint density at radius 1 is 1.00 bits per heavy atom. The van der Waals surface area contributed by atoms with Crippen molar-refractivity contribution in [2.24, 2.45) is 0 Å². The van der Waals surface area contributed by atoms with Crippen LogP contribution in [-0.4, -0.2) is 39.8 Å². The molecular weight excluding hydrogens is 487 g/mol. The highest BCUT2D eigenvalue weighted by Gasteiger charge is 2.27. The van der Waals surface area contributed by atoms with Crippen LogP contribution in [0.5, 0.6) is 5.75 Å². The first kappa shape index (κ1) is 26.6. The van der Waals surface area contributed by atoms with Crippen molar-refractivity contribution in [3.8, 4) is 5.75 Å². The molecule has 0 radical (unpaired) electrons. The molecule has 0 saturated heterocycles. The lowest BCUT2D eigenvalue weighted by atomic mass is 10.2. The molecule has 0 saturated carbocycles. The Bertz CT molecular complexity index is 1190. The molecule has 1 amide bonds. The molecule has 3 rings (SSSR count). The van der Waals surface area contributed by atoms with Crippen LogP contribution in [0.25, 0.3) is 0 Å². The van der Waals surface area contributed by atoms with Crippen molar-refractivity contribution in [3.05, 3.63) is 90.2 Å². The number of nitrogens with zero attached hydrogens (tertiary/aromatic N) is 1.